The molecule has 4 aromatic rings. The number of amides is 1. The number of ether oxygens (including phenoxy) is 4. The Balaban J connectivity index is 1.75. The maximum absolute atomic E-state index is 13.6. The maximum atomic E-state index is 13.6. The van der Waals surface area contributed by atoms with Crippen molar-refractivity contribution in [1.29, 1.82) is 0 Å². The van der Waals surface area contributed by atoms with Crippen LogP contribution in [0.4, 0.5) is 5.95 Å². The number of aliphatic hydroxyl groups is 1. The number of benzene rings is 3. The predicted molar refractivity (Wildman–Crippen MR) is 145 cm³/mol. The predicted octanol–water partition coefficient (Wildman–Crippen LogP) is 4.53. The molecule has 0 spiro atoms. The average molecular weight is 530 g/mol. The van der Waals surface area contributed by atoms with E-state index in [1.165, 1.54) is 39.4 Å². The van der Waals surface area contributed by atoms with Crippen LogP contribution in [-0.4, -0.2) is 55.2 Å². The minimum Gasteiger partial charge on any atom is -0.507 e. The molecule has 1 fully saturated rings. The topological polar surface area (TPSA) is 123 Å². The molecule has 39 heavy (non-hydrogen) atoms. The van der Waals surface area contributed by atoms with Crippen molar-refractivity contribution in [1.82, 2.24) is 9.97 Å². The monoisotopic (exact) mass is 529 g/mol. The van der Waals surface area contributed by atoms with Crippen molar-refractivity contribution >= 4 is 34.4 Å². The van der Waals surface area contributed by atoms with Gasteiger partial charge in [-0.15, -0.1) is 0 Å². The molecule has 1 saturated heterocycles. The molecule has 10 heteroatoms. The first-order valence-corrected chi connectivity index (χ1v) is 12.0. The lowest BCUT2D eigenvalue weighted by Gasteiger charge is -2.24. The highest BCUT2D eigenvalue weighted by Gasteiger charge is 2.48. The third kappa shape index (κ3) is 4.29. The number of hydrogen-bond donors (Lipinski definition) is 2. The van der Waals surface area contributed by atoms with E-state index in [1.54, 1.807) is 30.3 Å². The molecule has 2 N–H and O–H groups in total. The molecule has 0 bridgehead atoms. The van der Waals surface area contributed by atoms with Gasteiger partial charge in [-0.25, -0.2) is 4.98 Å². The Hall–Kier alpha value is -4.99. The number of methoxy groups -OCH3 is 4. The molecule has 2 heterocycles. The lowest BCUT2D eigenvalue weighted by molar-refractivity contribution is -0.132. The Morgan fingerprint density at radius 3 is 2.15 bits per heavy atom. The molecule has 10 nitrogen and oxygen atoms in total. The number of carbonyl (C=O) groups excluding carboxylic acids is 2. The molecule has 200 valence electrons. The first-order valence-electron chi connectivity index (χ1n) is 12.0. The zero-order chi connectivity index (χ0) is 27.8. The summed E-state index contributed by atoms with van der Waals surface area (Å²) in [6.45, 7) is 1.94. The molecular weight excluding hydrogens is 502 g/mol. The largest absolute Gasteiger partial charge is 0.507 e. The maximum Gasteiger partial charge on any atom is 0.302 e. The van der Waals surface area contributed by atoms with Gasteiger partial charge < -0.3 is 29.0 Å². The molecule has 0 saturated carbocycles. The summed E-state index contributed by atoms with van der Waals surface area (Å²) in [6.07, 6.45) is 0. The number of aromatic amines is 1. The van der Waals surface area contributed by atoms with E-state index >= 15 is 0 Å². The van der Waals surface area contributed by atoms with E-state index in [0.29, 0.717) is 39.6 Å². The summed E-state index contributed by atoms with van der Waals surface area (Å²) in [5.74, 6) is -0.238. The average Bonchev–Trinajstić information content (AvgIpc) is 3.49. The summed E-state index contributed by atoms with van der Waals surface area (Å²) in [5, 5.41) is 11.5. The number of imidazole rings is 1. The number of aliphatic hydroxyl groups excluding tert-OH is 1. The van der Waals surface area contributed by atoms with Gasteiger partial charge in [-0.05, 0) is 60.5 Å². The fourth-order valence-electron chi connectivity index (χ4n) is 4.75. The van der Waals surface area contributed by atoms with Crippen LogP contribution in [0.3, 0.4) is 0 Å². The summed E-state index contributed by atoms with van der Waals surface area (Å²) < 4.78 is 21.5. The number of anilines is 1. The number of hydrogen-bond acceptors (Lipinski definition) is 8. The summed E-state index contributed by atoms with van der Waals surface area (Å²) in [7, 11) is 5.96. The minimum absolute atomic E-state index is 0.115. The first-order chi connectivity index (χ1) is 18.8. The number of ketones is 1. The third-order valence-corrected chi connectivity index (χ3v) is 6.68. The van der Waals surface area contributed by atoms with Crippen molar-refractivity contribution in [3.05, 3.63) is 76.9 Å². The van der Waals surface area contributed by atoms with Crippen molar-refractivity contribution in [3.8, 4) is 23.0 Å². The molecule has 3 aromatic carbocycles. The lowest BCUT2D eigenvalue weighted by Crippen LogP contribution is -2.30. The van der Waals surface area contributed by atoms with E-state index < -0.39 is 17.7 Å². The number of aromatic nitrogens is 2. The van der Waals surface area contributed by atoms with Gasteiger partial charge in [0.05, 0.1) is 51.1 Å². The van der Waals surface area contributed by atoms with Gasteiger partial charge in [0.1, 0.15) is 5.76 Å². The van der Waals surface area contributed by atoms with E-state index in [4.69, 9.17) is 18.9 Å². The van der Waals surface area contributed by atoms with Gasteiger partial charge >= 0.3 is 5.91 Å². The third-order valence-electron chi connectivity index (χ3n) is 6.68. The Morgan fingerprint density at radius 1 is 0.846 bits per heavy atom. The minimum atomic E-state index is -1.03. The van der Waals surface area contributed by atoms with Gasteiger partial charge in [0.15, 0.2) is 23.0 Å². The van der Waals surface area contributed by atoms with Crippen LogP contribution >= 0.6 is 0 Å². The van der Waals surface area contributed by atoms with E-state index in [0.717, 1.165) is 5.56 Å². The number of aryl methyl sites for hydroxylation is 1. The van der Waals surface area contributed by atoms with Crippen LogP contribution in [0.15, 0.2) is 60.2 Å². The van der Waals surface area contributed by atoms with Crippen molar-refractivity contribution < 1.29 is 33.6 Å². The van der Waals surface area contributed by atoms with Crippen molar-refractivity contribution in [2.75, 3.05) is 33.3 Å². The van der Waals surface area contributed by atoms with Gasteiger partial charge in [0.25, 0.3) is 5.78 Å². The second kappa shape index (κ2) is 10.1. The van der Waals surface area contributed by atoms with Gasteiger partial charge in [0, 0.05) is 5.56 Å². The molecule has 1 aromatic heterocycles. The highest BCUT2D eigenvalue weighted by atomic mass is 16.5. The second-order valence-electron chi connectivity index (χ2n) is 8.93. The number of H-pyrrole nitrogens is 1. The zero-order valence-electron chi connectivity index (χ0n) is 22.1. The molecule has 1 aliphatic rings. The summed E-state index contributed by atoms with van der Waals surface area (Å²) in [5.41, 5.74) is 3.00. The zero-order valence-corrected chi connectivity index (χ0v) is 22.1. The Morgan fingerprint density at radius 2 is 1.49 bits per heavy atom. The number of nitrogens with one attached hydrogen (secondary N) is 1. The lowest BCUT2D eigenvalue weighted by atomic mass is 9.95. The number of Topliss-reactive ketones (excluding diaryl/α,β-unsaturated/α-hetero) is 1. The Kier molecular flexibility index (Phi) is 6.61. The molecule has 5 rings (SSSR count). The molecule has 0 radical (unpaired) electrons. The van der Waals surface area contributed by atoms with Crippen LogP contribution in [-0.2, 0) is 9.59 Å². The number of fused-ring (bicyclic) bond motifs is 1. The number of nitrogens with zero attached hydrogens (tertiary/aromatic N) is 2. The second-order valence-corrected chi connectivity index (χ2v) is 8.93. The molecule has 1 amide bonds. The summed E-state index contributed by atoms with van der Waals surface area (Å²) in [6, 6.07) is 14.4. The van der Waals surface area contributed by atoms with Crippen LogP contribution in [0.2, 0.25) is 0 Å². The first kappa shape index (κ1) is 25.7. The normalized spacial score (nSPS) is 16.5. The fourth-order valence-corrected chi connectivity index (χ4v) is 4.75. The van der Waals surface area contributed by atoms with E-state index in [-0.39, 0.29) is 22.8 Å². The van der Waals surface area contributed by atoms with Crippen molar-refractivity contribution in [2.45, 2.75) is 13.0 Å². The van der Waals surface area contributed by atoms with Crippen LogP contribution in [0.1, 0.15) is 22.7 Å². The van der Waals surface area contributed by atoms with Gasteiger partial charge in [-0.3, -0.25) is 14.5 Å². The number of rotatable bonds is 7. The molecule has 0 aliphatic carbocycles. The number of carbonyl (C=O) groups is 2. The van der Waals surface area contributed by atoms with Crippen molar-refractivity contribution in [3.63, 3.8) is 0 Å². The fraction of sp³-hybridized carbons (Fsp3) is 0.207. The molecule has 1 aliphatic heterocycles. The van der Waals surface area contributed by atoms with Crippen LogP contribution in [0.5, 0.6) is 23.0 Å². The smallest absolute Gasteiger partial charge is 0.302 e. The van der Waals surface area contributed by atoms with E-state index in [9.17, 15) is 14.7 Å². The summed E-state index contributed by atoms with van der Waals surface area (Å²) >= 11 is 0. The van der Waals surface area contributed by atoms with Crippen LogP contribution in [0, 0.1) is 6.92 Å². The molecular formula is C29H27N3O7. The van der Waals surface area contributed by atoms with E-state index in [1.807, 2.05) is 25.1 Å². The Bertz CT molecular complexity index is 1640. The van der Waals surface area contributed by atoms with Crippen molar-refractivity contribution in [2.24, 2.45) is 0 Å². The summed E-state index contributed by atoms with van der Waals surface area (Å²) in [4.78, 5) is 36.1. The van der Waals surface area contributed by atoms with Gasteiger partial charge in [-0.1, -0.05) is 12.1 Å². The van der Waals surface area contributed by atoms with E-state index in [2.05, 4.69) is 9.97 Å². The molecule has 1 unspecified atom stereocenters. The SMILES string of the molecule is COc1ccc(/C(O)=C2\C(=O)C(=O)N(c3nc4ccc(C)cc4[nH]3)C2c2ccc(OC)c(OC)c2)cc1OC. The highest BCUT2D eigenvalue weighted by molar-refractivity contribution is 6.51. The highest BCUT2D eigenvalue weighted by Crippen LogP contribution is 2.44. The molecule has 1 atom stereocenters. The standard InChI is InChI=1S/C29H27N3O7/c1-15-6-9-18-19(12-15)31-29(30-18)32-25(16-7-10-20(36-2)22(13-16)38-4)24(27(34)28(32)35)26(33)17-8-11-21(37-3)23(14-17)39-5/h6-14,25,33H,1-5H3,(H,30,31)/b26-24+. The quantitative estimate of drug-likeness (QED) is 0.203. The van der Waals surface area contributed by atoms with Gasteiger partial charge in [0.2, 0.25) is 5.95 Å². The Labute approximate surface area is 224 Å². The van der Waals surface area contributed by atoms with Gasteiger partial charge in [-0.2, -0.15) is 0 Å². The van der Waals surface area contributed by atoms with Crippen LogP contribution < -0.4 is 23.8 Å². The van der Waals surface area contributed by atoms with Crippen LogP contribution in [0.25, 0.3) is 16.8 Å².